The molecule has 0 unspecified atom stereocenters. The van der Waals surface area contributed by atoms with E-state index in [9.17, 15) is 4.39 Å². The van der Waals surface area contributed by atoms with Gasteiger partial charge in [-0.1, -0.05) is 42.6 Å². The van der Waals surface area contributed by atoms with Crippen LogP contribution in [0, 0.1) is 11.2 Å². The number of thioether (sulfide) groups is 1. The molecule has 1 aliphatic carbocycles. The third-order valence-electron chi connectivity index (χ3n) is 4.16. The van der Waals surface area contributed by atoms with Gasteiger partial charge in [0.15, 0.2) is 5.17 Å². The largest absolute Gasteiger partial charge is 0.335 e. The molecule has 1 N–H and O–H groups in total. The molecule has 0 aromatic heterocycles. The van der Waals surface area contributed by atoms with E-state index in [1.165, 1.54) is 38.2 Å². The SMILES string of the molecule is Fc1cc(NC2=NCC3(CCCCC3)CS2)ccc1Cl. The molecule has 0 radical (unpaired) electrons. The minimum absolute atomic E-state index is 0.148. The van der Waals surface area contributed by atoms with Gasteiger partial charge in [0, 0.05) is 18.0 Å². The predicted octanol–water partition coefficient (Wildman–Crippen LogP) is 4.94. The van der Waals surface area contributed by atoms with Gasteiger partial charge in [-0.3, -0.25) is 4.99 Å². The van der Waals surface area contributed by atoms with Gasteiger partial charge < -0.3 is 5.32 Å². The number of amidine groups is 1. The van der Waals surface area contributed by atoms with E-state index in [4.69, 9.17) is 11.6 Å². The van der Waals surface area contributed by atoms with Crippen LogP contribution in [0.4, 0.5) is 10.1 Å². The van der Waals surface area contributed by atoms with Gasteiger partial charge in [-0.25, -0.2) is 4.39 Å². The first-order chi connectivity index (χ1) is 9.67. The molecule has 1 saturated carbocycles. The third kappa shape index (κ3) is 3.12. The number of nitrogens with zero attached hydrogens (tertiary/aromatic N) is 1. The van der Waals surface area contributed by atoms with Crippen molar-refractivity contribution in [2.24, 2.45) is 10.4 Å². The molecular weight excluding hydrogens is 295 g/mol. The number of nitrogens with one attached hydrogen (secondary N) is 1. The van der Waals surface area contributed by atoms with Crippen molar-refractivity contribution in [2.75, 3.05) is 17.6 Å². The average Bonchev–Trinajstić information content (AvgIpc) is 2.47. The van der Waals surface area contributed by atoms with Crippen molar-refractivity contribution < 1.29 is 4.39 Å². The topological polar surface area (TPSA) is 24.4 Å². The van der Waals surface area contributed by atoms with Gasteiger partial charge in [0.05, 0.1) is 5.02 Å². The maximum Gasteiger partial charge on any atom is 0.161 e. The smallest absolute Gasteiger partial charge is 0.161 e. The number of rotatable bonds is 1. The standard InChI is InChI=1S/C15H18ClFN2S/c16-12-5-4-11(8-13(12)17)19-14-18-9-15(10-20-14)6-2-1-3-7-15/h4-5,8H,1-3,6-7,9-10H2,(H,18,19). The molecule has 0 amide bonds. The maximum absolute atomic E-state index is 13.4. The van der Waals surface area contributed by atoms with Crippen LogP contribution in [0.5, 0.6) is 0 Å². The molecule has 2 aliphatic rings. The van der Waals surface area contributed by atoms with Gasteiger partial charge in [0.25, 0.3) is 0 Å². The van der Waals surface area contributed by atoms with Crippen LogP contribution in [0.1, 0.15) is 32.1 Å². The normalized spacial score (nSPS) is 21.6. The van der Waals surface area contributed by atoms with Crippen LogP contribution in [-0.4, -0.2) is 17.5 Å². The molecule has 20 heavy (non-hydrogen) atoms. The van der Waals surface area contributed by atoms with Crippen LogP contribution in [0.3, 0.4) is 0 Å². The highest BCUT2D eigenvalue weighted by atomic mass is 35.5. The minimum atomic E-state index is -0.401. The van der Waals surface area contributed by atoms with Gasteiger partial charge in [-0.05, 0) is 36.5 Å². The lowest BCUT2D eigenvalue weighted by Crippen LogP contribution is -2.35. The van der Waals surface area contributed by atoms with Crippen molar-refractivity contribution in [3.8, 4) is 0 Å². The highest BCUT2D eigenvalue weighted by Crippen LogP contribution is 2.42. The Hall–Kier alpha value is -0.740. The van der Waals surface area contributed by atoms with Crippen LogP contribution >= 0.6 is 23.4 Å². The summed E-state index contributed by atoms with van der Waals surface area (Å²) in [7, 11) is 0. The zero-order valence-corrected chi connectivity index (χ0v) is 12.9. The molecule has 1 aliphatic heterocycles. The van der Waals surface area contributed by atoms with Crippen LogP contribution in [-0.2, 0) is 0 Å². The molecule has 1 spiro atoms. The highest BCUT2D eigenvalue weighted by molar-refractivity contribution is 8.14. The molecule has 5 heteroatoms. The summed E-state index contributed by atoms with van der Waals surface area (Å²) in [6.45, 7) is 0.901. The summed E-state index contributed by atoms with van der Waals surface area (Å²) in [6, 6.07) is 4.76. The Balaban J connectivity index is 1.65. The molecule has 2 nitrogen and oxygen atoms in total. The average molecular weight is 313 g/mol. The Morgan fingerprint density at radius 3 is 2.70 bits per heavy atom. The second-order valence-electron chi connectivity index (χ2n) is 5.72. The van der Waals surface area contributed by atoms with Crippen LogP contribution in [0.2, 0.25) is 5.02 Å². The van der Waals surface area contributed by atoms with Crippen LogP contribution in [0.25, 0.3) is 0 Å². The maximum atomic E-state index is 13.4. The predicted molar refractivity (Wildman–Crippen MR) is 85.3 cm³/mol. The number of aliphatic imine (C=N–C) groups is 1. The molecule has 1 aromatic carbocycles. The molecule has 1 fully saturated rings. The molecule has 108 valence electrons. The molecule has 0 atom stereocenters. The lowest BCUT2D eigenvalue weighted by atomic mass is 9.75. The minimum Gasteiger partial charge on any atom is -0.335 e. The monoisotopic (exact) mass is 312 g/mol. The second kappa shape index (κ2) is 5.94. The summed E-state index contributed by atoms with van der Waals surface area (Å²) in [4.78, 5) is 4.67. The van der Waals surface area contributed by atoms with E-state index in [1.807, 2.05) is 0 Å². The number of benzene rings is 1. The van der Waals surface area contributed by atoms with Crippen molar-refractivity contribution in [3.05, 3.63) is 29.0 Å². The summed E-state index contributed by atoms with van der Waals surface area (Å²) in [5.41, 5.74) is 1.12. The summed E-state index contributed by atoms with van der Waals surface area (Å²) in [5, 5.41) is 4.22. The van der Waals surface area contributed by atoms with Gasteiger partial charge in [0.2, 0.25) is 0 Å². The Labute approximate surface area is 128 Å². The Kier molecular flexibility index (Phi) is 4.22. The first kappa shape index (κ1) is 14.2. The third-order valence-corrected chi connectivity index (χ3v) is 5.73. The lowest BCUT2D eigenvalue weighted by Gasteiger charge is -2.38. The number of hydrogen-bond donors (Lipinski definition) is 1. The van der Waals surface area contributed by atoms with E-state index in [1.54, 1.807) is 23.9 Å². The Morgan fingerprint density at radius 1 is 1.25 bits per heavy atom. The Morgan fingerprint density at radius 2 is 2.05 bits per heavy atom. The fourth-order valence-electron chi connectivity index (χ4n) is 2.93. The molecule has 0 bridgehead atoms. The van der Waals surface area contributed by atoms with E-state index in [-0.39, 0.29) is 5.02 Å². The number of hydrogen-bond acceptors (Lipinski definition) is 3. The molecule has 1 aromatic rings. The summed E-state index contributed by atoms with van der Waals surface area (Å²) in [6.07, 6.45) is 6.63. The van der Waals surface area contributed by atoms with E-state index in [0.717, 1.165) is 17.5 Å². The fourth-order valence-corrected chi connectivity index (χ4v) is 4.22. The van der Waals surface area contributed by atoms with E-state index in [2.05, 4.69) is 10.3 Å². The van der Waals surface area contributed by atoms with Crippen LogP contribution < -0.4 is 5.32 Å². The van der Waals surface area contributed by atoms with Gasteiger partial charge >= 0.3 is 0 Å². The van der Waals surface area contributed by atoms with Crippen LogP contribution in [0.15, 0.2) is 23.2 Å². The van der Waals surface area contributed by atoms with Crippen molar-refractivity contribution >= 4 is 34.2 Å². The van der Waals surface area contributed by atoms with E-state index in [0.29, 0.717) is 11.1 Å². The van der Waals surface area contributed by atoms with Gasteiger partial charge in [0.1, 0.15) is 5.82 Å². The molecule has 0 saturated heterocycles. The van der Waals surface area contributed by atoms with E-state index >= 15 is 0 Å². The molecule has 1 heterocycles. The summed E-state index contributed by atoms with van der Waals surface area (Å²) < 4.78 is 13.4. The zero-order chi connectivity index (χ0) is 14.0. The van der Waals surface area contributed by atoms with Gasteiger partial charge in [-0.15, -0.1) is 0 Å². The van der Waals surface area contributed by atoms with Crippen molar-refractivity contribution in [1.82, 2.24) is 0 Å². The first-order valence-corrected chi connectivity index (χ1v) is 8.43. The fraction of sp³-hybridized carbons (Fsp3) is 0.533. The summed E-state index contributed by atoms with van der Waals surface area (Å²) >= 11 is 7.44. The van der Waals surface area contributed by atoms with E-state index < -0.39 is 5.82 Å². The summed E-state index contributed by atoms with van der Waals surface area (Å²) in [5.74, 6) is 0.719. The zero-order valence-electron chi connectivity index (χ0n) is 11.3. The van der Waals surface area contributed by atoms with Crippen molar-refractivity contribution in [1.29, 1.82) is 0 Å². The number of halogens is 2. The Bertz CT molecular complexity index is 527. The van der Waals surface area contributed by atoms with Crippen molar-refractivity contribution in [3.63, 3.8) is 0 Å². The first-order valence-electron chi connectivity index (χ1n) is 7.06. The molecular formula is C15H18ClFN2S. The van der Waals surface area contributed by atoms with Gasteiger partial charge in [-0.2, -0.15) is 0 Å². The highest BCUT2D eigenvalue weighted by Gasteiger charge is 2.34. The quantitative estimate of drug-likeness (QED) is 0.794. The van der Waals surface area contributed by atoms with Crippen molar-refractivity contribution in [2.45, 2.75) is 32.1 Å². The number of anilines is 1. The second-order valence-corrected chi connectivity index (χ2v) is 7.10. The molecule has 3 rings (SSSR count). The lowest BCUT2D eigenvalue weighted by molar-refractivity contribution is 0.232.